The molecule has 0 atom stereocenters. The molecule has 0 spiro atoms. The summed E-state index contributed by atoms with van der Waals surface area (Å²) in [5.74, 6) is 0. The predicted octanol–water partition coefficient (Wildman–Crippen LogP) is 7.70. The summed E-state index contributed by atoms with van der Waals surface area (Å²) in [5.41, 5.74) is 8.88. The first-order chi connectivity index (χ1) is 15.1. The number of thiazole rings is 1. The molecule has 2 aromatic heterocycles. The van der Waals surface area contributed by atoms with Crippen LogP contribution < -0.4 is 0 Å². The molecule has 0 radical (unpaired) electrons. The van der Waals surface area contributed by atoms with Crippen molar-refractivity contribution in [2.45, 2.75) is 19.3 Å². The first-order valence-corrected chi connectivity index (χ1v) is 11.5. The van der Waals surface area contributed by atoms with Gasteiger partial charge in [-0.25, -0.2) is 4.98 Å². The molecule has 0 amide bonds. The number of fused-ring (bicyclic) bond motifs is 6. The van der Waals surface area contributed by atoms with Crippen LogP contribution in [0.2, 0.25) is 0 Å². The van der Waals surface area contributed by atoms with Crippen LogP contribution in [0.3, 0.4) is 0 Å². The fraction of sp³-hybridized carbons (Fsp3) is 0.107. The third-order valence-electron chi connectivity index (χ3n) is 6.82. The summed E-state index contributed by atoms with van der Waals surface area (Å²) >= 11 is 1.76. The van der Waals surface area contributed by atoms with Gasteiger partial charge in [-0.3, -0.25) is 0 Å². The van der Waals surface area contributed by atoms with Crippen LogP contribution in [0.25, 0.3) is 48.3 Å². The second-order valence-electron chi connectivity index (χ2n) is 8.90. The van der Waals surface area contributed by atoms with E-state index in [1.54, 1.807) is 11.3 Å². The molecule has 148 valence electrons. The van der Waals surface area contributed by atoms with Gasteiger partial charge in [-0.1, -0.05) is 62.4 Å². The van der Waals surface area contributed by atoms with Crippen molar-refractivity contribution in [3.63, 3.8) is 0 Å². The van der Waals surface area contributed by atoms with E-state index in [1.807, 2.05) is 0 Å². The van der Waals surface area contributed by atoms with Crippen LogP contribution in [-0.4, -0.2) is 9.55 Å². The fourth-order valence-corrected chi connectivity index (χ4v) is 6.26. The Morgan fingerprint density at radius 3 is 2.48 bits per heavy atom. The van der Waals surface area contributed by atoms with Crippen LogP contribution in [0, 0.1) is 0 Å². The van der Waals surface area contributed by atoms with Gasteiger partial charge in [0.05, 0.1) is 26.9 Å². The molecule has 7 rings (SSSR count). The van der Waals surface area contributed by atoms with Crippen molar-refractivity contribution in [1.82, 2.24) is 9.55 Å². The van der Waals surface area contributed by atoms with E-state index in [0.717, 1.165) is 10.5 Å². The fourth-order valence-electron chi connectivity index (χ4n) is 5.29. The Bertz CT molecular complexity index is 1630. The maximum atomic E-state index is 4.90. The van der Waals surface area contributed by atoms with Crippen molar-refractivity contribution in [3.05, 3.63) is 96.1 Å². The van der Waals surface area contributed by atoms with Crippen LogP contribution in [-0.2, 0) is 5.41 Å². The summed E-state index contributed by atoms with van der Waals surface area (Å²) in [6.07, 6.45) is 0. The van der Waals surface area contributed by atoms with Crippen molar-refractivity contribution in [2.24, 2.45) is 0 Å². The molecule has 1 aliphatic rings. The smallest absolute Gasteiger partial charge is 0.124 e. The Kier molecular flexibility index (Phi) is 3.25. The molecule has 31 heavy (non-hydrogen) atoms. The minimum Gasteiger partial charge on any atom is -0.309 e. The van der Waals surface area contributed by atoms with Crippen LogP contribution in [0.4, 0.5) is 0 Å². The Balaban J connectivity index is 1.58. The molecular formula is C28H20N2S. The zero-order valence-corrected chi connectivity index (χ0v) is 18.2. The van der Waals surface area contributed by atoms with Crippen LogP contribution >= 0.6 is 11.3 Å². The lowest BCUT2D eigenvalue weighted by atomic mass is 9.75. The minimum absolute atomic E-state index is 0.0314. The zero-order valence-electron chi connectivity index (χ0n) is 17.4. The van der Waals surface area contributed by atoms with E-state index in [2.05, 4.69) is 103 Å². The summed E-state index contributed by atoms with van der Waals surface area (Å²) in [6, 6.07) is 30.8. The molecule has 0 bridgehead atoms. The average molecular weight is 417 g/mol. The van der Waals surface area contributed by atoms with E-state index in [4.69, 9.17) is 4.98 Å². The maximum Gasteiger partial charge on any atom is 0.124 e. The SMILES string of the molecule is CC1(C)c2ccccc2-n2c3ccc(-c4nc5ccccc5s4)cc3c3cccc1c32. The third kappa shape index (κ3) is 2.19. The summed E-state index contributed by atoms with van der Waals surface area (Å²) in [4.78, 5) is 4.90. The lowest BCUT2D eigenvalue weighted by Crippen LogP contribution is -2.26. The maximum absolute atomic E-state index is 4.90. The lowest BCUT2D eigenvalue weighted by Gasteiger charge is -2.34. The number of hydrogen-bond acceptors (Lipinski definition) is 2. The molecule has 0 N–H and O–H groups in total. The molecule has 3 heteroatoms. The van der Waals surface area contributed by atoms with E-state index < -0.39 is 0 Å². The molecule has 0 saturated carbocycles. The number of para-hydroxylation sites is 3. The number of benzene rings is 4. The molecule has 0 unspecified atom stereocenters. The first kappa shape index (κ1) is 17.3. The van der Waals surface area contributed by atoms with Gasteiger partial charge in [0.1, 0.15) is 5.01 Å². The molecule has 6 aromatic rings. The quantitative estimate of drug-likeness (QED) is 0.268. The Morgan fingerprint density at radius 1 is 0.774 bits per heavy atom. The summed E-state index contributed by atoms with van der Waals surface area (Å²) < 4.78 is 3.69. The Labute approximate surface area is 184 Å². The van der Waals surface area contributed by atoms with Gasteiger partial charge in [-0.05, 0) is 47.5 Å². The highest BCUT2D eigenvalue weighted by atomic mass is 32.1. The second kappa shape index (κ2) is 5.83. The lowest BCUT2D eigenvalue weighted by molar-refractivity contribution is 0.630. The van der Waals surface area contributed by atoms with E-state index in [0.29, 0.717) is 0 Å². The molecule has 3 heterocycles. The largest absolute Gasteiger partial charge is 0.309 e. The normalized spacial score (nSPS) is 14.4. The van der Waals surface area contributed by atoms with Gasteiger partial charge < -0.3 is 4.57 Å². The van der Waals surface area contributed by atoms with Crippen molar-refractivity contribution >= 4 is 43.4 Å². The van der Waals surface area contributed by atoms with Crippen LogP contribution in [0.1, 0.15) is 25.0 Å². The topological polar surface area (TPSA) is 17.8 Å². The summed E-state index contributed by atoms with van der Waals surface area (Å²) in [7, 11) is 0. The molecule has 0 fully saturated rings. The van der Waals surface area contributed by atoms with E-state index in [-0.39, 0.29) is 5.41 Å². The van der Waals surface area contributed by atoms with Gasteiger partial charge in [0.15, 0.2) is 0 Å². The minimum atomic E-state index is -0.0314. The number of hydrogen-bond donors (Lipinski definition) is 0. The zero-order chi connectivity index (χ0) is 20.7. The van der Waals surface area contributed by atoms with Crippen molar-refractivity contribution in [1.29, 1.82) is 0 Å². The number of rotatable bonds is 1. The predicted molar refractivity (Wildman–Crippen MR) is 132 cm³/mol. The molecule has 0 saturated heterocycles. The van der Waals surface area contributed by atoms with Crippen molar-refractivity contribution < 1.29 is 0 Å². The highest BCUT2D eigenvalue weighted by molar-refractivity contribution is 7.21. The number of nitrogens with zero attached hydrogens (tertiary/aromatic N) is 2. The van der Waals surface area contributed by atoms with E-state index >= 15 is 0 Å². The van der Waals surface area contributed by atoms with Gasteiger partial charge in [0.2, 0.25) is 0 Å². The van der Waals surface area contributed by atoms with Gasteiger partial charge >= 0.3 is 0 Å². The van der Waals surface area contributed by atoms with E-state index in [1.165, 1.54) is 48.9 Å². The number of aromatic nitrogens is 2. The Morgan fingerprint density at radius 2 is 1.58 bits per heavy atom. The summed E-state index contributed by atoms with van der Waals surface area (Å²) in [6.45, 7) is 4.68. The second-order valence-corrected chi connectivity index (χ2v) is 9.93. The molecular weight excluding hydrogens is 396 g/mol. The first-order valence-electron chi connectivity index (χ1n) is 10.7. The highest BCUT2D eigenvalue weighted by Gasteiger charge is 2.34. The van der Waals surface area contributed by atoms with Crippen LogP contribution in [0.15, 0.2) is 84.9 Å². The Hall–Kier alpha value is -3.43. The molecule has 0 aliphatic carbocycles. The average Bonchev–Trinajstić information content (AvgIpc) is 3.37. The van der Waals surface area contributed by atoms with Crippen molar-refractivity contribution in [2.75, 3.05) is 0 Å². The highest BCUT2D eigenvalue weighted by Crippen LogP contribution is 2.47. The third-order valence-corrected chi connectivity index (χ3v) is 7.91. The standard InChI is InChI=1S/C28H20N2S/c1-28(2)20-9-3-5-12-24(20)30-23-15-14-17(27-29-22-11-4-6-13-25(22)31-27)16-19(23)18-8-7-10-21(28)26(18)30/h3-16H,1-2H3. The van der Waals surface area contributed by atoms with Crippen LogP contribution in [0.5, 0.6) is 0 Å². The van der Waals surface area contributed by atoms with Gasteiger partial charge in [-0.15, -0.1) is 11.3 Å². The summed E-state index contributed by atoms with van der Waals surface area (Å²) in [5, 5.41) is 3.69. The van der Waals surface area contributed by atoms with E-state index in [9.17, 15) is 0 Å². The van der Waals surface area contributed by atoms with Gasteiger partial charge in [0, 0.05) is 21.8 Å². The molecule has 2 nitrogen and oxygen atoms in total. The van der Waals surface area contributed by atoms with Crippen molar-refractivity contribution in [3.8, 4) is 16.3 Å². The molecule has 1 aliphatic heterocycles. The van der Waals surface area contributed by atoms with Gasteiger partial charge in [0.25, 0.3) is 0 Å². The monoisotopic (exact) mass is 416 g/mol. The van der Waals surface area contributed by atoms with Gasteiger partial charge in [-0.2, -0.15) is 0 Å². The molecule has 4 aromatic carbocycles.